The zero-order valence-electron chi connectivity index (χ0n) is 9.85. The van der Waals surface area contributed by atoms with Crippen molar-refractivity contribution in [1.82, 2.24) is 0 Å². The maximum Gasteiger partial charge on any atom is 0.204 e. The molecule has 0 heterocycles. The van der Waals surface area contributed by atoms with Gasteiger partial charge in [0, 0.05) is 17.5 Å². The molecule has 94 valence electrons. The summed E-state index contributed by atoms with van der Waals surface area (Å²) in [4.78, 5) is 0. The van der Waals surface area contributed by atoms with E-state index < -0.39 is 11.6 Å². The van der Waals surface area contributed by atoms with Crippen molar-refractivity contribution in [2.24, 2.45) is 5.73 Å². The van der Waals surface area contributed by atoms with Crippen LogP contribution in [0.25, 0.3) is 0 Å². The molecule has 1 aromatic rings. The van der Waals surface area contributed by atoms with Crippen LogP contribution in [0.4, 0.5) is 8.78 Å². The lowest BCUT2D eigenvalue weighted by molar-refractivity contribution is 0.322. The summed E-state index contributed by atoms with van der Waals surface area (Å²) in [5.41, 5.74) is 6.00. The third-order valence-electron chi connectivity index (χ3n) is 3.35. The van der Waals surface area contributed by atoms with Crippen LogP contribution in [-0.4, -0.2) is 20.8 Å². The molecule has 0 spiro atoms. The van der Waals surface area contributed by atoms with Crippen molar-refractivity contribution in [3.63, 3.8) is 0 Å². The molecule has 0 aliphatic heterocycles. The fourth-order valence-electron chi connectivity index (χ4n) is 2.10. The molecule has 0 atom stereocenters. The van der Waals surface area contributed by atoms with Gasteiger partial charge in [0.15, 0.2) is 17.3 Å². The molecule has 1 aliphatic rings. The van der Waals surface area contributed by atoms with Crippen LogP contribution in [0.15, 0.2) is 6.07 Å². The third-order valence-corrected chi connectivity index (χ3v) is 3.35. The second-order valence-electron chi connectivity index (χ2n) is 4.27. The zero-order valence-corrected chi connectivity index (χ0v) is 9.85. The molecule has 1 aliphatic carbocycles. The zero-order chi connectivity index (χ0) is 12.6. The SMILES string of the molecule is COc1c(C2(CN)CC2)cc(F)c(F)c1OC. The molecule has 0 bridgehead atoms. The first-order valence-corrected chi connectivity index (χ1v) is 5.40. The van der Waals surface area contributed by atoms with Crippen LogP contribution in [-0.2, 0) is 5.41 Å². The Morgan fingerprint density at radius 2 is 1.82 bits per heavy atom. The van der Waals surface area contributed by atoms with Crippen molar-refractivity contribution in [2.45, 2.75) is 18.3 Å². The van der Waals surface area contributed by atoms with Crippen molar-refractivity contribution >= 4 is 0 Å². The Balaban J connectivity index is 2.63. The van der Waals surface area contributed by atoms with Gasteiger partial charge in [-0.3, -0.25) is 0 Å². The van der Waals surface area contributed by atoms with E-state index in [4.69, 9.17) is 15.2 Å². The predicted molar refractivity (Wildman–Crippen MR) is 59.4 cm³/mol. The normalized spacial score (nSPS) is 16.8. The fourth-order valence-corrected chi connectivity index (χ4v) is 2.10. The Bertz CT molecular complexity index is 445. The Kier molecular flexibility index (Phi) is 2.95. The van der Waals surface area contributed by atoms with Gasteiger partial charge in [0.1, 0.15) is 0 Å². The predicted octanol–water partition coefficient (Wildman–Crippen LogP) is 1.97. The average molecular weight is 243 g/mol. The van der Waals surface area contributed by atoms with Crippen LogP contribution in [0.2, 0.25) is 0 Å². The number of halogens is 2. The molecule has 2 N–H and O–H groups in total. The van der Waals surface area contributed by atoms with Gasteiger partial charge in [-0.15, -0.1) is 0 Å². The number of benzene rings is 1. The van der Waals surface area contributed by atoms with Gasteiger partial charge in [-0.1, -0.05) is 0 Å². The maximum absolute atomic E-state index is 13.5. The van der Waals surface area contributed by atoms with Gasteiger partial charge in [-0.25, -0.2) is 4.39 Å². The molecule has 0 radical (unpaired) electrons. The van der Waals surface area contributed by atoms with Crippen molar-refractivity contribution in [2.75, 3.05) is 20.8 Å². The second kappa shape index (κ2) is 4.14. The molecule has 0 aromatic heterocycles. The Morgan fingerprint density at radius 3 is 2.24 bits per heavy atom. The lowest BCUT2D eigenvalue weighted by Gasteiger charge is -2.19. The van der Waals surface area contributed by atoms with E-state index in [1.54, 1.807) is 0 Å². The van der Waals surface area contributed by atoms with Gasteiger partial charge in [-0.05, 0) is 18.9 Å². The van der Waals surface area contributed by atoms with Gasteiger partial charge in [0.2, 0.25) is 5.82 Å². The van der Waals surface area contributed by atoms with E-state index in [-0.39, 0.29) is 16.9 Å². The van der Waals surface area contributed by atoms with Gasteiger partial charge in [0.25, 0.3) is 0 Å². The maximum atomic E-state index is 13.5. The van der Waals surface area contributed by atoms with E-state index in [9.17, 15) is 8.78 Å². The van der Waals surface area contributed by atoms with Crippen LogP contribution >= 0.6 is 0 Å². The van der Waals surface area contributed by atoms with Crippen molar-refractivity contribution < 1.29 is 18.3 Å². The van der Waals surface area contributed by atoms with E-state index in [1.807, 2.05) is 0 Å². The van der Waals surface area contributed by atoms with E-state index >= 15 is 0 Å². The van der Waals surface area contributed by atoms with Gasteiger partial charge >= 0.3 is 0 Å². The minimum Gasteiger partial charge on any atom is -0.492 e. The summed E-state index contributed by atoms with van der Waals surface area (Å²) in [6.07, 6.45) is 1.71. The number of ether oxygens (including phenoxy) is 2. The average Bonchev–Trinajstić information content (AvgIpc) is 3.12. The lowest BCUT2D eigenvalue weighted by Crippen LogP contribution is -2.21. The topological polar surface area (TPSA) is 44.5 Å². The second-order valence-corrected chi connectivity index (χ2v) is 4.27. The molecule has 17 heavy (non-hydrogen) atoms. The highest BCUT2D eigenvalue weighted by atomic mass is 19.2. The highest BCUT2D eigenvalue weighted by Gasteiger charge is 2.46. The molecule has 0 saturated heterocycles. The van der Waals surface area contributed by atoms with Crippen molar-refractivity contribution in [3.8, 4) is 11.5 Å². The summed E-state index contributed by atoms with van der Waals surface area (Å²) in [6.45, 7) is 0.386. The van der Waals surface area contributed by atoms with E-state index in [1.165, 1.54) is 14.2 Å². The molecule has 0 unspecified atom stereocenters. The number of hydrogen-bond donors (Lipinski definition) is 1. The molecular formula is C12H15F2NO2. The van der Waals surface area contributed by atoms with Crippen LogP contribution < -0.4 is 15.2 Å². The van der Waals surface area contributed by atoms with E-state index in [0.29, 0.717) is 12.1 Å². The summed E-state index contributed by atoms with van der Waals surface area (Å²) in [6, 6.07) is 1.16. The summed E-state index contributed by atoms with van der Waals surface area (Å²) in [5.74, 6) is -1.91. The third kappa shape index (κ3) is 1.74. The number of hydrogen-bond acceptors (Lipinski definition) is 3. The van der Waals surface area contributed by atoms with Crippen molar-refractivity contribution in [3.05, 3.63) is 23.3 Å². The molecule has 1 aromatic carbocycles. The quantitative estimate of drug-likeness (QED) is 0.879. The highest BCUT2D eigenvalue weighted by Crippen LogP contribution is 2.53. The van der Waals surface area contributed by atoms with Gasteiger partial charge < -0.3 is 15.2 Å². The molecular weight excluding hydrogens is 228 g/mol. The van der Waals surface area contributed by atoms with Gasteiger partial charge in [-0.2, -0.15) is 4.39 Å². The first-order chi connectivity index (χ1) is 8.09. The fraction of sp³-hybridized carbons (Fsp3) is 0.500. The molecule has 1 fully saturated rings. The lowest BCUT2D eigenvalue weighted by atomic mass is 9.94. The van der Waals surface area contributed by atoms with E-state index in [0.717, 1.165) is 18.9 Å². The van der Waals surface area contributed by atoms with Gasteiger partial charge in [0.05, 0.1) is 14.2 Å². The smallest absolute Gasteiger partial charge is 0.204 e. The Labute approximate surface area is 98.5 Å². The molecule has 1 saturated carbocycles. The molecule has 5 heteroatoms. The number of methoxy groups -OCH3 is 2. The summed E-state index contributed by atoms with van der Waals surface area (Å²) < 4.78 is 37.0. The van der Waals surface area contributed by atoms with Crippen molar-refractivity contribution in [1.29, 1.82) is 0 Å². The largest absolute Gasteiger partial charge is 0.492 e. The standard InChI is InChI=1S/C12H15F2NO2/c1-16-10-7(12(6-15)3-4-12)5-8(13)9(14)11(10)17-2/h5H,3-4,6,15H2,1-2H3. The molecule has 0 amide bonds. The first kappa shape index (κ1) is 12.1. The monoisotopic (exact) mass is 243 g/mol. The Morgan fingerprint density at radius 1 is 1.24 bits per heavy atom. The number of nitrogens with two attached hydrogens (primary N) is 1. The van der Waals surface area contributed by atoms with Crippen LogP contribution in [0.3, 0.4) is 0 Å². The molecule has 3 nitrogen and oxygen atoms in total. The minimum absolute atomic E-state index is 0.192. The van der Waals surface area contributed by atoms with Crippen LogP contribution in [0.5, 0.6) is 11.5 Å². The van der Waals surface area contributed by atoms with Crippen LogP contribution in [0.1, 0.15) is 18.4 Å². The number of rotatable bonds is 4. The molecule has 2 rings (SSSR count). The Hall–Kier alpha value is -1.36. The van der Waals surface area contributed by atoms with E-state index in [2.05, 4.69) is 0 Å². The summed E-state index contributed by atoms with van der Waals surface area (Å²) >= 11 is 0. The highest BCUT2D eigenvalue weighted by molar-refractivity contribution is 5.53. The summed E-state index contributed by atoms with van der Waals surface area (Å²) in [7, 11) is 2.69. The minimum atomic E-state index is -1.03. The van der Waals surface area contributed by atoms with Crippen LogP contribution in [0, 0.1) is 11.6 Å². The first-order valence-electron chi connectivity index (χ1n) is 5.40. The summed E-state index contributed by atoms with van der Waals surface area (Å²) in [5, 5.41) is 0.